The Hall–Kier alpha value is -2.21. The molecule has 5 heteroatoms. The smallest absolute Gasteiger partial charge is 0.241 e. The van der Waals surface area contributed by atoms with E-state index < -0.39 is 10.0 Å². The molecule has 0 amide bonds. The third kappa shape index (κ3) is 2.16. The van der Waals surface area contributed by atoms with Crippen molar-refractivity contribution in [2.24, 2.45) is 0 Å². The zero-order chi connectivity index (χ0) is 16.0. The SMILES string of the molecule is O=S(=O)(NCCO)c1cc2cccc3ccc4cccc1c4c32. The molecular weight excluding hydrogens is 310 g/mol. The zero-order valence-corrected chi connectivity index (χ0v) is 13.1. The van der Waals surface area contributed by atoms with Gasteiger partial charge in [-0.2, -0.15) is 0 Å². The summed E-state index contributed by atoms with van der Waals surface area (Å²) in [6, 6.07) is 17.4. The van der Waals surface area contributed by atoms with Crippen molar-refractivity contribution in [3.63, 3.8) is 0 Å². The number of sulfonamides is 1. The lowest BCUT2D eigenvalue weighted by Crippen LogP contribution is -2.26. The molecule has 4 aromatic rings. The van der Waals surface area contributed by atoms with Crippen LogP contribution in [0.3, 0.4) is 0 Å². The van der Waals surface area contributed by atoms with Gasteiger partial charge < -0.3 is 5.11 Å². The first kappa shape index (κ1) is 14.4. The molecule has 0 saturated heterocycles. The number of aliphatic hydroxyl groups excluding tert-OH is 1. The summed E-state index contributed by atoms with van der Waals surface area (Å²) in [5, 5.41) is 14.7. The highest BCUT2D eigenvalue weighted by Crippen LogP contribution is 2.37. The molecule has 0 atom stereocenters. The van der Waals surface area contributed by atoms with E-state index in [2.05, 4.69) is 10.8 Å². The monoisotopic (exact) mass is 325 g/mol. The third-order valence-corrected chi connectivity index (χ3v) is 5.66. The van der Waals surface area contributed by atoms with Gasteiger partial charge in [-0.05, 0) is 33.0 Å². The van der Waals surface area contributed by atoms with Gasteiger partial charge in [-0.3, -0.25) is 0 Å². The summed E-state index contributed by atoms with van der Waals surface area (Å²) in [5.41, 5.74) is 0. The second-order valence-corrected chi connectivity index (χ2v) is 7.28. The van der Waals surface area contributed by atoms with E-state index in [1.165, 1.54) is 0 Å². The van der Waals surface area contributed by atoms with Gasteiger partial charge in [-0.15, -0.1) is 0 Å². The predicted molar refractivity (Wildman–Crippen MR) is 92.4 cm³/mol. The molecule has 0 radical (unpaired) electrons. The maximum atomic E-state index is 12.6. The van der Waals surface area contributed by atoms with Gasteiger partial charge in [0.05, 0.1) is 11.5 Å². The fraction of sp³-hybridized carbons (Fsp3) is 0.111. The predicted octanol–water partition coefficient (Wildman–Crippen LogP) is 2.85. The summed E-state index contributed by atoms with van der Waals surface area (Å²) in [6.45, 7) is -0.232. The Morgan fingerprint density at radius 1 is 0.870 bits per heavy atom. The van der Waals surface area contributed by atoms with E-state index in [0.29, 0.717) is 5.39 Å². The van der Waals surface area contributed by atoms with Crippen LogP contribution in [0, 0.1) is 0 Å². The molecule has 4 rings (SSSR count). The molecule has 0 heterocycles. The average molecular weight is 325 g/mol. The van der Waals surface area contributed by atoms with E-state index in [9.17, 15) is 8.42 Å². The van der Waals surface area contributed by atoms with Crippen molar-refractivity contribution in [3.05, 3.63) is 54.6 Å². The molecule has 4 aromatic carbocycles. The Labute approximate surface area is 133 Å². The van der Waals surface area contributed by atoms with E-state index in [0.717, 1.165) is 26.9 Å². The van der Waals surface area contributed by atoms with Crippen molar-refractivity contribution in [2.45, 2.75) is 4.90 Å². The Balaban J connectivity index is 2.17. The van der Waals surface area contributed by atoms with Gasteiger partial charge in [0.2, 0.25) is 10.0 Å². The molecule has 0 unspecified atom stereocenters. The maximum absolute atomic E-state index is 12.6. The van der Waals surface area contributed by atoms with Crippen LogP contribution in [0.2, 0.25) is 0 Å². The normalized spacial score (nSPS) is 12.6. The topological polar surface area (TPSA) is 66.4 Å². The van der Waals surface area contributed by atoms with Gasteiger partial charge in [0.15, 0.2) is 0 Å². The Morgan fingerprint density at radius 3 is 2.26 bits per heavy atom. The number of rotatable bonds is 4. The lowest BCUT2D eigenvalue weighted by molar-refractivity contribution is 0.301. The zero-order valence-electron chi connectivity index (χ0n) is 12.3. The summed E-state index contributed by atoms with van der Waals surface area (Å²) >= 11 is 0. The van der Waals surface area contributed by atoms with E-state index in [1.54, 1.807) is 6.07 Å². The van der Waals surface area contributed by atoms with Crippen molar-refractivity contribution in [3.8, 4) is 0 Å². The molecule has 0 aliphatic heterocycles. The number of aliphatic hydroxyl groups is 1. The van der Waals surface area contributed by atoms with E-state index in [4.69, 9.17) is 5.11 Å². The average Bonchev–Trinajstić information content (AvgIpc) is 2.57. The van der Waals surface area contributed by atoms with E-state index >= 15 is 0 Å². The molecule has 0 bridgehead atoms. The molecule has 0 aliphatic rings. The van der Waals surface area contributed by atoms with E-state index in [1.807, 2.05) is 42.5 Å². The van der Waals surface area contributed by atoms with Gasteiger partial charge >= 0.3 is 0 Å². The standard InChI is InChI=1S/C18H15NO3S/c20-10-9-19-23(21,22)16-11-14-5-1-3-12-7-8-13-4-2-6-15(16)18(13)17(12)14/h1-8,11,19-20H,9-10H2. The van der Waals surface area contributed by atoms with Crippen molar-refractivity contribution >= 4 is 42.3 Å². The Morgan fingerprint density at radius 2 is 1.52 bits per heavy atom. The highest BCUT2D eigenvalue weighted by molar-refractivity contribution is 7.89. The molecule has 23 heavy (non-hydrogen) atoms. The van der Waals surface area contributed by atoms with Crippen molar-refractivity contribution in [2.75, 3.05) is 13.2 Å². The minimum atomic E-state index is -3.68. The fourth-order valence-corrected chi connectivity index (χ4v) is 4.47. The van der Waals surface area contributed by atoms with Gasteiger partial charge in [0, 0.05) is 11.9 Å². The van der Waals surface area contributed by atoms with Gasteiger partial charge in [-0.25, -0.2) is 13.1 Å². The second-order valence-electron chi connectivity index (χ2n) is 5.54. The number of nitrogens with one attached hydrogen (secondary N) is 1. The molecule has 0 aliphatic carbocycles. The molecule has 2 N–H and O–H groups in total. The maximum Gasteiger partial charge on any atom is 0.241 e. The van der Waals surface area contributed by atoms with Crippen LogP contribution in [0.5, 0.6) is 0 Å². The van der Waals surface area contributed by atoms with Gasteiger partial charge in [0.25, 0.3) is 0 Å². The highest BCUT2D eigenvalue weighted by Gasteiger charge is 2.20. The van der Waals surface area contributed by atoms with Crippen LogP contribution in [0.1, 0.15) is 0 Å². The van der Waals surface area contributed by atoms with Crippen LogP contribution < -0.4 is 4.72 Å². The van der Waals surface area contributed by atoms with Gasteiger partial charge in [-0.1, -0.05) is 48.5 Å². The third-order valence-electron chi connectivity index (χ3n) is 4.16. The van der Waals surface area contributed by atoms with Gasteiger partial charge in [0.1, 0.15) is 0 Å². The molecule has 0 aromatic heterocycles. The van der Waals surface area contributed by atoms with Crippen molar-refractivity contribution < 1.29 is 13.5 Å². The molecule has 0 saturated carbocycles. The molecular formula is C18H15NO3S. The highest BCUT2D eigenvalue weighted by atomic mass is 32.2. The Kier molecular flexibility index (Phi) is 3.23. The Bertz CT molecular complexity index is 1120. The molecule has 0 fully saturated rings. The van der Waals surface area contributed by atoms with Crippen LogP contribution in [0.15, 0.2) is 59.5 Å². The minimum Gasteiger partial charge on any atom is -0.395 e. The first-order valence-corrected chi connectivity index (χ1v) is 8.87. The lowest BCUT2D eigenvalue weighted by Gasteiger charge is -2.15. The summed E-state index contributed by atoms with van der Waals surface area (Å²) in [7, 11) is -3.68. The van der Waals surface area contributed by atoms with Crippen molar-refractivity contribution in [1.29, 1.82) is 0 Å². The molecule has 4 nitrogen and oxygen atoms in total. The molecule has 0 spiro atoms. The van der Waals surface area contributed by atoms with Crippen LogP contribution in [-0.4, -0.2) is 26.7 Å². The van der Waals surface area contributed by atoms with E-state index in [-0.39, 0.29) is 18.0 Å². The summed E-state index contributed by atoms with van der Waals surface area (Å²) in [5.74, 6) is 0. The largest absolute Gasteiger partial charge is 0.395 e. The number of hydrogen-bond donors (Lipinski definition) is 2. The first-order valence-electron chi connectivity index (χ1n) is 7.39. The number of benzene rings is 4. The second kappa shape index (κ2) is 5.16. The summed E-state index contributed by atoms with van der Waals surface area (Å²) in [6.07, 6.45) is 0. The van der Waals surface area contributed by atoms with Crippen LogP contribution in [0.25, 0.3) is 32.3 Å². The first-order chi connectivity index (χ1) is 11.1. The lowest BCUT2D eigenvalue weighted by atomic mass is 9.94. The van der Waals surface area contributed by atoms with Crippen LogP contribution >= 0.6 is 0 Å². The molecule has 116 valence electrons. The fourth-order valence-electron chi connectivity index (χ4n) is 3.21. The summed E-state index contributed by atoms with van der Waals surface area (Å²) < 4.78 is 27.7. The van der Waals surface area contributed by atoms with Crippen LogP contribution in [-0.2, 0) is 10.0 Å². The number of hydrogen-bond acceptors (Lipinski definition) is 3. The quantitative estimate of drug-likeness (QED) is 0.567. The minimum absolute atomic E-state index is 0.00149. The van der Waals surface area contributed by atoms with Crippen LogP contribution in [0.4, 0.5) is 0 Å². The van der Waals surface area contributed by atoms with Crippen molar-refractivity contribution in [1.82, 2.24) is 4.72 Å². The summed E-state index contributed by atoms with van der Waals surface area (Å²) in [4.78, 5) is 0.253.